The first-order valence-corrected chi connectivity index (χ1v) is 10.0. The smallest absolute Gasteiger partial charge is 0.380 e. The number of rotatable bonds is 4. The predicted molar refractivity (Wildman–Crippen MR) is 110 cm³/mol. The Balaban J connectivity index is 1.63. The minimum absolute atomic E-state index is 0.0668. The van der Waals surface area contributed by atoms with Gasteiger partial charge in [-0.2, -0.15) is 13.2 Å². The maximum absolute atomic E-state index is 13.2. The predicted octanol–water partition coefficient (Wildman–Crippen LogP) is 5.49. The molecule has 1 fully saturated rings. The van der Waals surface area contributed by atoms with E-state index in [0.717, 1.165) is 55.4 Å². The third-order valence-corrected chi connectivity index (χ3v) is 5.40. The minimum Gasteiger partial charge on any atom is -0.380 e. The Kier molecular flexibility index (Phi) is 5.61. The summed E-state index contributed by atoms with van der Waals surface area (Å²) < 4.78 is 38.4. The molecular weight excluding hydrogens is 391 g/mol. The van der Waals surface area contributed by atoms with Crippen molar-refractivity contribution >= 4 is 22.5 Å². The molecule has 2 heterocycles. The van der Waals surface area contributed by atoms with Gasteiger partial charge in [0.05, 0.1) is 22.3 Å². The molecule has 156 valence electrons. The zero-order chi connectivity index (χ0) is 21.1. The summed E-state index contributed by atoms with van der Waals surface area (Å²) in [6.07, 6.45) is 0.330. The number of pyridine rings is 1. The van der Waals surface area contributed by atoms with E-state index in [1.807, 2.05) is 29.2 Å². The van der Waals surface area contributed by atoms with E-state index in [4.69, 9.17) is 0 Å². The third-order valence-electron chi connectivity index (χ3n) is 5.40. The van der Waals surface area contributed by atoms with Crippen LogP contribution in [-0.4, -0.2) is 28.9 Å². The highest BCUT2D eigenvalue weighted by molar-refractivity contribution is 6.07. The number of nitrogens with zero attached hydrogens (tertiary/aromatic N) is 2. The number of anilines is 1. The van der Waals surface area contributed by atoms with Gasteiger partial charge in [-0.1, -0.05) is 30.3 Å². The summed E-state index contributed by atoms with van der Waals surface area (Å²) in [5, 5.41) is 4.09. The van der Waals surface area contributed by atoms with Crippen LogP contribution in [0.4, 0.5) is 18.9 Å². The van der Waals surface area contributed by atoms with Crippen LogP contribution in [0.25, 0.3) is 10.9 Å². The van der Waals surface area contributed by atoms with Crippen molar-refractivity contribution in [1.29, 1.82) is 0 Å². The molecule has 0 radical (unpaired) electrons. The van der Waals surface area contributed by atoms with Crippen molar-refractivity contribution in [2.24, 2.45) is 0 Å². The zero-order valence-corrected chi connectivity index (χ0v) is 16.4. The van der Waals surface area contributed by atoms with Crippen LogP contribution in [0.1, 0.15) is 40.7 Å². The van der Waals surface area contributed by atoms with Gasteiger partial charge in [0.15, 0.2) is 0 Å². The van der Waals surface area contributed by atoms with Crippen LogP contribution in [0.5, 0.6) is 0 Å². The number of aromatic nitrogens is 1. The SMILES string of the molecule is O=C(c1cnc2ccccc2c1NCc1ccc(C(F)(F)F)cc1)N1CCCCC1. The van der Waals surface area contributed by atoms with Crippen molar-refractivity contribution in [2.75, 3.05) is 18.4 Å². The topological polar surface area (TPSA) is 45.2 Å². The van der Waals surface area contributed by atoms with E-state index in [-0.39, 0.29) is 5.91 Å². The number of carbonyl (C=O) groups excluding carboxylic acids is 1. The fraction of sp³-hybridized carbons (Fsp3) is 0.304. The lowest BCUT2D eigenvalue weighted by Crippen LogP contribution is -2.36. The Morgan fingerprint density at radius 3 is 2.40 bits per heavy atom. The number of nitrogens with one attached hydrogen (secondary N) is 1. The van der Waals surface area contributed by atoms with Crippen LogP contribution in [0, 0.1) is 0 Å². The number of para-hydroxylation sites is 1. The molecule has 2 aromatic carbocycles. The molecule has 0 atom stereocenters. The molecule has 1 amide bonds. The van der Waals surface area contributed by atoms with Crippen molar-refractivity contribution in [2.45, 2.75) is 32.0 Å². The Morgan fingerprint density at radius 1 is 1.00 bits per heavy atom. The highest BCUT2D eigenvalue weighted by Crippen LogP contribution is 2.30. The lowest BCUT2D eigenvalue weighted by Gasteiger charge is -2.27. The monoisotopic (exact) mass is 413 g/mol. The van der Waals surface area contributed by atoms with E-state index in [2.05, 4.69) is 10.3 Å². The number of benzene rings is 2. The number of likely N-dealkylation sites (tertiary alicyclic amines) is 1. The summed E-state index contributed by atoms with van der Waals surface area (Å²) in [4.78, 5) is 19.4. The van der Waals surface area contributed by atoms with Crippen molar-refractivity contribution in [3.05, 3.63) is 71.4 Å². The quantitative estimate of drug-likeness (QED) is 0.615. The van der Waals surface area contributed by atoms with Crippen molar-refractivity contribution in [3.8, 4) is 0 Å². The molecule has 1 aliphatic rings. The maximum atomic E-state index is 13.2. The second-order valence-electron chi connectivity index (χ2n) is 7.47. The highest BCUT2D eigenvalue weighted by atomic mass is 19.4. The number of halogens is 3. The first kappa shape index (κ1) is 20.2. The molecule has 4 nitrogen and oxygen atoms in total. The molecule has 0 spiro atoms. The number of hydrogen-bond donors (Lipinski definition) is 1. The van der Waals surface area contributed by atoms with Crippen LogP contribution in [0.15, 0.2) is 54.7 Å². The second-order valence-corrected chi connectivity index (χ2v) is 7.47. The van der Waals surface area contributed by atoms with E-state index in [9.17, 15) is 18.0 Å². The number of amides is 1. The van der Waals surface area contributed by atoms with Crippen LogP contribution >= 0.6 is 0 Å². The molecule has 0 saturated carbocycles. The Hall–Kier alpha value is -3.09. The number of piperidine rings is 1. The van der Waals surface area contributed by atoms with E-state index < -0.39 is 11.7 Å². The van der Waals surface area contributed by atoms with Gasteiger partial charge in [-0.15, -0.1) is 0 Å². The molecule has 3 aromatic rings. The van der Waals surface area contributed by atoms with E-state index >= 15 is 0 Å². The van der Waals surface area contributed by atoms with E-state index in [0.29, 0.717) is 23.4 Å². The van der Waals surface area contributed by atoms with Gasteiger partial charge in [-0.3, -0.25) is 9.78 Å². The van der Waals surface area contributed by atoms with Gasteiger partial charge in [0.1, 0.15) is 0 Å². The molecule has 30 heavy (non-hydrogen) atoms. The number of fused-ring (bicyclic) bond motifs is 1. The molecular formula is C23H22F3N3O. The van der Waals surface area contributed by atoms with Crippen LogP contribution in [0.3, 0.4) is 0 Å². The summed E-state index contributed by atoms with van der Waals surface area (Å²) in [5.74, 6) is -0.0668. The average molecular weight is 413 g/mol. The molecule has 7 heteroatoms. The summed E-state index contributed by atoms with van der Waals surface area (Å²) in [6.45, 7) is 1.75. The Bertz CT molecular complexity index is 1040. The average Bonchev–Trinajstić information content (AvgIpc) is 2.77. The first-order valence-electron chi connectivity index (χ1n) is 10.0. The number of alkyl halides is 3. The fourth-order valence-corrected chi connectivity index (χ4v) is 3.76. The molecule has 4 rings (SSSR count). The first-order chi connectivity index (χ1) is 14.4. The lowest BCUT2D eigenvalue weighted by molar-refractivity contribution is -0.137. The van der Waals surface area contributed by atoms with E-state index in [1.54, 1.807) is 6.20 Å². The largest absolute Gasteiger partial charge is 0.416 e. The molecule has 0 aliphatic carbocycles. The maximum Gasteiger partial charge on any atom is 0.416 e. The van der Waals surface area contributed by atoms with Crippen LogP contribution in [-0.2, 0) is 12.7 Å². The molecule has 1 saturated heterocycles. The molecule has 1 N–H and O–H groups in total. The summed E-state index contributed by atoms with van der Waals surface area (Å²) in [5.41, 5.74) is 1.92. The van der Waals surface area contributed by atoms with Crippen molar-refractivity contribution in [1.82, 2.24) is 9.88 Å². The fourth-order valence-electron chi connectivity index (χ4n) is 3.76. The third kappa shape index (κ3) is 4.25. The lowest BCUT2D eigenvalue weighted by atomic mass is 10.1. The van der Waals surface area contributed by atoms with Gasteiger partial charge in [0.25, 0.3) is 5.91 Å². The van der Waals surface area contributed by atoms with Crippen molar-refractivity contribution in [3.63, 3.8) is 0 Å². The number of hydrogen-bond acceptors (Lipinski definition) is 3. The van der Waals surface area contributed by atoms with Gasteiger partial charge in [0.2, 0.25) is 0 Å². The molecule has 0 unspecified atom stereocenters. The van der Waals surface area contributed by atoms with Crippen molar-refractivity contribution < 1.29 is 18.0 Å². The van der Waals surface area contributed by atoms with Gasteiger partial charge in [-0.25, -0.2) is 0 Å². The Morgan fingerprint density at radius 2 is 1.70 bits per heavy atom. The van der Waals surface area contributed by atoms with Gasteiger partial charge in [-0.05, 0) is 43.0 Å². The van der Waals surface area contributed by atoms with Gasteiger partial charge >= 0.3 is 6.18 Å². The zero-order valence-electron chi connectivity index (χ0n) is 16.4. The molecule has 1 aliphatic heterocycles. The molecule has 1 aromatic heterocycles. The van der Waals surface area contributed by atoms with Crippen LogP contribution < -0.4 is 5.32 Å². The second kappa shape index (κ2) is 8.34. The summed E-state index contributed by atoms with van der Waals surface area (Å²) in [6, 6.07) is 12.6. The van der Waals surface area contributed by atoms with Gasteiger partial charge in [0, 0.05) is 31.2 Å². The summed E-state index contributed by atoms with van der Waals surface area (Å²) >= 11 is 0. The van der Waals surface area contributed by atoms with E-state index in [1.165, 1.54) is 12.1 Å². The minimum atomic E-state index is -4.36. The van der Waals surface area contributed by atoms with Crippen LogP contribution in [0.2, 0.25) is 0 Å². The van der Waals surface area contributed by atoms with Gasteiger partial charge < -0.3 is 10.2 Å². The number of carbonyl (C=O) groups is 1. The highest BCUT2D eigenvalue weighted by Gasteiger charge is 2.30. The Labute approximate surface area is 172 Å². The normalized spacial score (nSPS) is 14.7. The summed E-state index contributed by atoms with van der Waals surface area (Å²) in [7, 11) is 0. The molecule has 0 bridgehead atoms. The standard InChI is InChI=1S/C23H22F3N3O/c24-23(25,26)17-10-8-16(9-11-17)14-28-21-18-6-2-3-7-20(18)27-15-19(21)22(30)29-12-4-1-5-13-29/h2-3,6-11,15H,1,4-5,12-14H2,(H,27,28).